The molecule has 0 saturated carbocycles. The fourth-order valence-electron chi connectivity index (χ4n) is 1.21. The minimum absolute atomic E-state index is 1.17. The van der Waals surface area contributed by atoms with Crippen LogP contribution in [0.15, 0.2) is 49.1 Å². The first-order valence-electron chi connectivity index (χ1n) is 4.55. The summed E-state index contributed by atoms with van der Waals surface area (Å²) < 4.78 is 0. The van der Waals surface area contributed by atoms with E-state index in [1.807, 2.05) is 43.0 Å². The van der Waals surface area contributed by atoms with E-state index in [-0.39, 0.29) is 0 Å². The zero-order chi connectivity index (χ0) is 9.64. The van der Waals surface area contributed by atoms with Crippen molar-refractivity contribution >= 4 is 12.2 Å². The normalized spacial score (nSPS) is 10.6. The van der Waals surface area contributed by atoms with Gasteiger partial charge < -0.3 is 0 Å². The van der Waals surface area contributed by atoms with Gasteiger partial charge in [0, 0.05) is 23.8 Å². The molecule has 0 aliphatic rings. The van der Waals surface area contributed by atoms with Gasteiger partial charge in [-0.15, -0.1) is 0 Å². The topological polar surface area (TPSA) is 28.3 Å². The van der Waals surface area contributed by atoms with E-state index in [9.17, 15) is 0 Å². The van der Waals surface area contributed by atoms with Gasteiger partial charge in [0.05, 0.1) is 0 Å². The summed E-state index contributed by atoms with van der Waals surface area (Å²) in [5.74, 6) is 0. The van der Waals surface area contributed by atoms with Crippen molar-refractivity contribution < 1.29 is 9.97 Å². The molecule has 0 saturated heterocycles. The van der Waals surface area contributed by atoms with Crippen LogP contribution in [-0.4, -0.2) is 0 Å². The SMILES string of the molecule is C(=C\c1ccc[nH+]c1)/c1cc[nH+]cc1. The number of hydrogen-bond acceptors (Lipinski definition) is 0. The first-order chi connectivity index (χ1) is 6.95. The number of H-pyrrole nitrogens is 2. The Bertz CT molecular complexity index is 365. The number of aromatic nitrogens is 2. The Kier molecular flexibility index (Phi) is 2.67. The molecule has 14 heavy (non-hydrogen) atoms. The molecule has 0 aromatic carbocycles. The van der Waals surface area contributed by atoms with E-state index >= 15 is 0 Å². The lowest BCUT2D eigenvalue weighted by Gasteiger charge is -1.88. The molecule has 2 aromatic heterocycles. The fraction of sp³-hybridized carbons (Fsp3) is 0. The van der Waals surface area contributed by atoms with Gasteiger partial charge in [-0.3, -0.25) is 0 Å². The molecule has 0 atom stereocenters. The summed E-state index contributed by atoms with van der Waals surface area (Å²) in [5.41, 5.74) is 2.35. The Morgan fingerprint density at radius 2 is 1.57 bits per heavy atom. The highest BCUT2D eigenvalue weighted by atomic mass is 14.6. The maximum Gasteiger partial charge on any atom is 0.174 e. The first-order valence-corrected chi connectivity index (χ1v) is 4.55. The van der Waals surface area contributed by atoms with Gasteiger partial charge in [0.1, 0.15) is 0 Å². The molecule has 2 aromatic rings. The summed E-state index contributed by atoms with van der Waals surface area (Å²) in [5, 5.41) is 0. The molecular formula is C12H12N2+2. The van der Waals surface area contributed by atoms with Gasteiger partial charge in [-0.2, -0.15) is 0 Å². The molecule has 0 fully saturated rings. The van der Waals surface area contributed by atoms with E-state index in [0.29, 0.717) is 0 Å². The maximum absolute atomic E-state index is 3.04. The summed E-state index contributed by atoms with van der Waals surface area (Å²) in [6, 6.07) is 8.10. The largest absolute Gasteiger partial charge is 0.218 e. The van der Waals surface area contributed by atoms with Crippen LogP contribution in [0.25, 0.3) is 12.2 Å². The highest BCUT2D eigenvalue weighted by Crippen LogP contribution is 2.03. The standard InChI is InChI=1S/C12H10N2/c1-2-12(10-14-7-1)4-3-11-5-8-13-9-6-11/h1-10H/p+2/b4-3+. The smallest absolute Gasteiger partial charge is 0.174 e. The minimum Gasteiger partial charge on any atom is -0.218 e. The van der Waals surface area contributed by atoms with Crippen molar-refractivity contribution in [1.29, 1.82) is 0 Å². The second kappa shape index (κ2) is 4.33. The third-order valence-electron chi connectivity index (χ3n) is 1.94. The zero-order valence-electron chi connectivity index (χ0n) is 7.77. The third kappa shape index (κ3) is 2.26. The van der Waals surface area contributed by atoms with Gasteiger partial charge in [-0.25, -0.2) is 9.97 Å². The van der Waals surface area contributed by atoms with E-state index in [1.54, 1.807) is 0 Å². The molecule has 2 heteroatoms. The fourth-order valence-corrected chi connectivity index (χ4v) is 1.21. The summed E-state index contributed by atoms with van der Waals surface area (Å²) >= 11 is 0. The Labute approximate surface area is 83.0 Å². The number of nitrogens with one attached hydrogen (secondary N) is 2. The van der Waals surface area contributed by atoms with Crippen molar-refractivity contribution in [1.82, 2.24) is 0 Å². The third-order valence-corrected chi connectivity index (χ3v) is 1.94. The van der Waals surface area contributed by atoms with Gasteiger partial charge in [-0.05, 0) is 17.7 Å². The molecule has 0 spiro atoms. The van der Waals surface area contributed by atoms with Crippen molar-refractivity contribution in [2.75, 3.05) is 0 Å². The molecule has 2 N–H and O–H groups in total. The van der Waals surface area contributed by atoms with Crippen LogP contribution in [0.2, 0.25) is 0 Å². The van der Waals surface area contributed by atoms with Crippen LogP contribution in [0.3, 0.4) is 0 Å². The van der Waals surface area contributed by atoms with Gasteiger partial charge in [-0.1, -0.05) is 6.08 Å². The van der Waals surface area contributed by atoms with Crippen molar-refractivity contribution in [3.63, 3.8) is 0 Å². The average molecular weight is 184 g/mol. The molecule has 2 heterocycles. The Hall–Kier alpha value is -1.96. The molecule has 2 rings (SSSR count). The molecule has 0 amide bonds. The van der Waals surface area contributed by atoms with Crippen molar-refractivity contribution in [2.24, 2.45) is 0 Å². The predicted molar refractivity (Wildman–Crippen MR) is 54.9 cm³/mol. The summed E-state index contributed by atoms with van der Waals surface area (Å²) in [7, 11) is 0. The van der Waals surface area contributed by atoms with Crippen LogP contribution in [0.4, 0.5) is 0 Å². The Morgan fingerprint density at radius 3 is 2.29 bits per heavy atom. The van der Waals surface area contributed by atoms with Gasteiger partial charge in [0.2, 0.25) is 0 Å². The van der Waals surface area contributed by atoms with Crippen LogP contribution in [0, 0.1) is 0 Å². The average Bonchev–Trinajstić information content (AvgIpc) is 2.29. The molecule has 2 nitrogen and oxygen atoms in total. The second-order valence-electron chi connectivity index (χ2n) is 3.00. The predicted octanol–water partition coefficient (Wildman–Crippen LogP) is 1.49. The maximum atomic E-state index is 3.04. The summed E-state index contributed by atoms with van der Waals surface area (Å²) in [4.78, 5) is 6.03. The first kappa shape index (κ1) is 8.63. The van der Waals surface area contributed by atoms with Crippen molar-refractivity contribution in [3.8, 4) is 0 Å². The van der Waals surface area contributed by atoms with E-state index in [0.717, 1.165) is 0 Å². The number of hydrogen-bond donors (Lipinski definition) is 0. The van der Waals surface area contributed by atoms with Gasteiger partial charge in [0.15, 0.2) is 24.8 Å². The number of pyridine rings is 2. The van der Waals surface area contributed by atoms with Crippen molar-refractivity contribution in [3.05, 3.63) is 60.2 Å². The lowest BCUT2D eigenvalue weighted by Crippen LogP contribution is -1.98. The zero-order valence-corrected chi connectivity index (χ0v) is 7.77. The number of rotatable bonds is 2. The lowest BCUT2D eigenvalue weighted by molar-refractivity contribution is -0.378. The molecule has 0 aliphatic carbocycles. The van der Waals surface area contributed by atoms with Gasteiger partial charge in [0.25, 0.3) is 0 Å². The minimum atomic E-state index is 1.17. The van der Waals surface area contributed by atoms with Crippen LogP contribution >= 0.6 is 0 Å². The highest BCUT2D eigenvalue weighted by Gasteiger charge is 1.89. The van der Waals surface area contributed by atoms with E-state index in [4.69, 9.17) is 0 Å². The van der Waals surface area contributed by atoms with Crippen LogP contribution < -0.4 is 9.97 Å². The van der Waals surface area contributed by atoms with E-state index < -0.39 is 0 Å². The lowest BCUT2D eigenvalue weighted by atomic mass is 10.2. The summed E-state index contributed by atoms with van der Waals surface area (Å²) in [6.45, 7) is 0. The van der Waals surface area contributed by atoms with Crippen molar-refractivity contribution in [2.45, 2.75) is 0 Å². The van der Waals surface area contributed by atoms with Crippen LogP contribution in [0.1, 0.15) is 11.1 Å². The molecular weight excluding hydrogens is 172 g/mol. The molecule has 68 valence electrons. The van der Waals surface area contributed by atoms with Crippen LogP contribution in [0.5, 0.6) is 0 Å². The van der Waals surface area contributed by atoms with E-state index in [1.165, 1.54) is 11.1 Å². The summed E-state index contributed by atoms with van der Waals surface area (Å²) in [6.07, 6.45) is 11.8. The quantitative estimate of drug-likeness (QED) is 0.676. The van der Waals surface area contributed by atoms with Crippen LogP contribution in [-0.2, 0) is 0 Å². The Morgan fingerprint density at radius 1 is 0.786 bits per heavy atom. The molecule has 0 radical (unpaired) electrons. The van der Waals surface area contributed by atoms with Gasteiger partial charge >= 0.3 is 0 Å². The second-order valence-corrected chi connectivity index (χ2v) is 3.00. The number of aromatic amines is 2. The molecule has 0 bridgehead atoms. The molecule has 0 aliphatic heterocycles. The molecule has 0 unspecified atom stereocenters. The highest BCUT2D eigenvalue weighted by molar-refractivity contribution is 5.68. The van der Waals surface area contributed by atoms with E-state index in [2.05, 4.69) is 28.2 Å². The monoisotopic (exact) mass is 184 g/mol. The Balaban J connectivity index is 2.16.